The molecule has 0 unspecified atom stereocenters. The summed E-state index contributed by atoms with van der Waals surface area (Å²) in [4.78, 5) is 11.9. The number of rotatable bonds is 4. The minimum Gasteiger partial charge on any atom is -0.508 e. The summed E-state index contributed by atoms with van der Waals surface area (Å²) in [5.41, 5.74) is 1.26. The average Bonchev–Trinajstić information content (AvgIpc) is 2.43. The van der Waals surface area contributed by atoms with E-state index < -0.39 is 0 Å². The lowest BCUT2D eigenvalue weighted by Gasteiger charge is -2.22. The van der Waals surface area contributed by atoms with Crippen molar-refractivity contribution in [2.45, 2.75) is 38.7 Å². The summed E-state index contributed by atoms with van der Waals surface area (Å²) in [7, 11) is 0. The van der Waals surface area contributed by atoms with Gasteiger partial charge in [-0.05, 0) is 50.3 Å². The number of aryl methyl sites for hydroxylation is 1. The van der Waals surface area contributed by atoms with E-state index in [1.54, 1.807) is 19.1 Å². The molecule has 0 aliphatic carbocycles. The van der Waals surface area contributed by atoms with Crippen molar-refractivity contribution in [1.82, 2.24) is 5.32 Å². The molecule has 19 heavy (non-hydrogen) atoms. The molecule has 0 spiro atoms. The average molecular weight is 263 g/mol. The number of carbonyl (C=O) groups is 1. The van der Waals surface area contributed by atoms with Gasteiger partial charge in [0.05, 0.1) is 6.10 Å². The third-order valence-electron chi connectivity index (χ3n) is 3.50. The van der Waals surface area contributed by atoms with Crippen LogP contribution >= 0.6 is 0 Å². The summed E-state index contributed by atoms with van der Waals surface area (Å²) in [5, 5.41) is 12.4. The van der Waals surface area contributed by atoms with E-state index in [0.29, 0.717) is 12.1 Å². The number of amides is 1. The van der Waals surface area contributed by atoms with Gasteiger partial charge in [0.1, 0.15) is 5.75 Å². The number of aromatic hydroxyl groups is 1. The van der Waals surface area contributed by atoms with Gasteiger partial charge in [-0.15, -0.1) is 0 Å². The molecule has 0 radical (unpaired) electrons. The molecule has 1 aromatic rings. The van der Waals surface area contributed by atoms with Gasteiger partial charge in [-0.2, -0.15) is 0 Å². The van der Waals surface area contributed by atoms with Gasteiger partial charge in [-0.3, -0.25) is 4.79 Å². The highest BCUT2D eigenvalue weighted by atomic mass is 16.5. The van der Waals surface area contributed by atoms with Crippen LogP contribution in [-0.2, 0) is 4.74 Å². The Hall–Kier alpha value is -1.55. The van der Waals surface area contributed by atoms with Crippen molar-refractivity contribution in [1.29, 1.82) is 0 Å². The molecule has 0 aromatic heterocycles. The van der Waals surface area contributed by atoms with E-state index in [-0.39, 0.29) is 17.8 Å². The van der Waals surface area contributed by atoms with Gasteiger partial charge < -0.3 is 15.2 Å². The van der Waals surface area contributed by atoms with Gasteiger partial charge in [0.15, 0.2) is 0 Å². The maximum absolute atomic E-state index is 11.9. The molecule has 2 rings (SSSR count). The Morgan fingerprint density at radius 2 is 2.32 bits per heavy atom. The summed E-state index contributed by atoms with van der Waals surface area (Å²) < 4.78 is 5.61. The van der Waals surface area contributed by atoms with Crippen LogP contribution in [0.1, 0.15) is 41.6 Å². The van der Waals surface area contributed by atoms with Gasteiger partial charge in [-0.25, -0.2) is 0 Å². The van der Waals surface area contributed by atoms with Gasteiger partial charge in [0.2, 0.25) is 0 Å². The predicted octanol–water partition coefficient (Wildman–Crippen LogP) is 2.39. The largest absolute Gasteiger partial charge is 0.508 e. The predicted molar refractivity (Wildman–Crippen MR) is 73.4 cm³/mol. The Morgan fingerprint density at radius 3 is 3.00 bits per heavy atom. The fraction of sp³-hybridized carbons (Fsp3) is 0.533. The molecule has 1 aromatic carbocycles. The highest BCUT2D eigenvalue weighted by molar-refractivity contribution is 5.94. The van der Waals surface area contributed by atoms with E-state index in [1.165, 1.54) is 12.5 Å². The van der Waals surface area contributed by atoms with E-state index in [2.05, 4.69) is 5.32 Å². The lowest BCUT2D eigenvalue weighted by Crippen LogP contribution is -2.29. The Kier molecular flexibility index (Phi) is 4.80. The lowest BCUT2D eigenvalue weighted by molar-refractivity contribution is 0.0117. The second-order valence-corrected chi connectivity index (χ2v) is 5.03. The molecule has 1 fully saturated rings. The molecule has 1 atom stereocenters. The van der Waals surface area contributed by atoms with Crippen LogP contribution in [-0.4, -0.2) is 30.3 Å². The molecule has 1 aliphatic rings. The van der Waals surface area contributed by atoms with Crippen LogP contribution in [0.2, 0.25) is 0 Å². The molecular weight excluding hydrogens is 242 g/mol. The first-order chi connectivity index (χ1) is 9.16. The van der Waals surface area contributed by atoms with E-state index in [4.69, 9.17) is 4.74 Å². The van der Waals surface area contributed by atoms with E-state index in [0.717, 1.165) is 31.4 Å². The molecule has 4 heteroatoms. The zero-order chi connectivity index (χ0) is 13.7. The van der Waals surface area contributed by atoms with Gasteiger partial charge in [0.25, 0.3) is 5.91 Å². The standard InChI is InChI=1S/C15H21NO3/c1-11-5-6-12(10-14(11)17)15(18)16-8-7-13-4-2-3-9-19-13/h5-6,10,13,17H,2-4,7-9H2,1H3,(H,16,18)/t13-/m1/s1. The summed E-state index contributed by atoms with van der Waals surface area (Å²) in [6.07, 6.45) is 4.57. The maximum Gasteiger partial charge on any atom is 0.251 e. The Balaban J connectivity index is 1.78. The first-order valence-electron chi connectivity index (χ1n) is 6.86. The van der Waals surface area contributed by atoms with Crippen molar-refractivity contribution in [2.24, 2.45) is 0 Å². The number of phenolic OH excluding ortho intramolecular Hbond substituents is 1. The minimum atomic E-state index is -0.147. The number of hydrogen-bond acceptors (Lipinski definition) is 3. The molecule has 0 saturated carbocycles. The molecule has 4 nitrogen and oxygen atoms in total. The quantitative estimate of drug-likeness (QED) is 0.877. The van der Waals surface area contributed by atoms with Gasteiger partial charge >= 0.3 is 0 Å². The van der Waals surface area contributed by atoms with Crippen molar-refractivity contribution in [3.8, 4) is 5.75 Å². The third kappa shape index (κ3) is 3.96. The fourth-order valence-electron chi connectivity index (χ4n) is 2.23. The highest BCUT2D eigenvalue weighted by Crippen LogP contribution is 2.17. The second kappa shape index (κ2) is 6.57. The summed E-state index contributed by atoms with van der Waals surface area (Å²) in [6.45, 7) is 3.25. The molecule has 104 valence electrons. The van der Waals surface area contributed by atoms with Crippen LogP contribution in [0.3, 0.4) is 0 Å². The van der Waals surface area contributed by atoms with Crippen molar-refractivity contribution in [3.63, 3.8) is 0 Å². The van der Waals surface area contributed by atoms with Crippen LogP contribution in [0, 0.1) is 6.92 Å². The molecule has 1 saturated heterocycles. The molecule has 1 amide bonds. The summed E-state index contributed by atoms with van der Waals surface area (Å²) in [6, 6.07) is 4.97. The minimum absolute atomic E-state index is 0.147. The summed E-state index contributed by atoms with van der Waals surface area (Å²) >= 11 is 0. The molecular formula is C15H21NO3. The Morgan fingerprint density at radius 1 is 1.47 bits per heavy atom. The fourth-order valence-corrected chi connectivity index (χ4v) is 2.23. The summed E-state index contributed by atoms with van der Waals surface area (Å²) in [5.74, 6) is 0.00868. The van der Waals surface area contributed by atoms with Crippen LogP contribution in [0.25, 0.3) is 0 Å². The van der Waals surface area contributed by atoms with Crippen LogP contribution in [0.15, 0.2) is 18.2 Å². The SMILES string of the molecule is Cc1ccc(C(=O)NCC[C@H]2CCCCO2)cc1O. The maximum atomic E-state index is 11.9. The van der Waals surface area contributed by atoms with E-state index in [9.17, 15) is 9.90 Å². The van der Waals surface area contributed by atoms with Crippen molar-refractivity contribution >= 4 is 5.91 Å². The molecule has 2 N–H and O–H groups in total. The number of carbonyl (C=O) groups excluding carboxylic acids is 1. The Labute approximate surface area is 113 Å². The van der Waals surface area contributed by atoms with E-state index in [1.807, 2.05) is 0 Å². The lowest BCUT2D eigenvalue weighted by atomic mass is 10.1. The molecule has 1 aliphatic heterocycles. The zero-order valence-corrected chi connectivity index (χ0v) is 11.3. The smallest absolute Gasteiger partial charge is 0.251 e. The number of nitrogens with one attached hydrogen (secondary N) is 1. The van der Waals surface area contributed by atoms with Crippen LogP contribution < -0.4 is 5.32 Å². The zero-order valence-electron chi connectivity index (χ0n) is 11.3. The van der Waals surface area contributed by atoms with Crippen molar-refractivity contribution in [3.05, 3.63) is 29.3 Å². The number of phenols is 1. The topological polar surface area (TPSA) is 58.6 Å². The normalized spacial score (nSPS) is 19.1. The Bertz CT molecular complexity index is 439. The number of ether oxygens (including phenoxy) is 1. The first kappa shape index (κ1) is 13.9. The second-order valence-electron chi connectivity index (χ2n) is 5.03. The monoisotopic (exact) mass is 263 g/mol. The molecule has 0 bridgehead atoms. The molecule has 1 heterocycles. The number of benzene rings is 1. The highest BCUT2D eigenvalue weighted by Gasteiger charge is 2.14. The first-order valence-corrected chi connectivity index (χ1v) is 6.86. The number of hydrogen-bond donors (Lipinski definition) is 2. The van der Waals surface area contributed by atoms with Crippen molar-refractivity contribution < 1.29 is 14.6 Å². The third-order valence-corrected chi connectivity index (χ3v) is 3.50. The van der Waals surface area contributed by atoms with Crippen LogP contribution in [0.5, 0.6) is 5.75 Å². The van der Waals surface area contributed by atoms with Crippen molar-refractivity contribution in [2.75, 3.05) is 13.2 Å². The van der Waals surface area contributed by atoms with Gasteiger partial charge in [0, 0.05) is 18.7 Å². The van der Waals surface area contributed by atoms with E-state index >= 15 is 0 Å². The van der Waals surface area contributed by atoms with Crippen LogP contribution in [0.4, 0.5) is 0 Å². The van der Waals surface area contributed by atoms with Gasteiger partial charge in [-0.1, -0.05) is 6.07 Å².